The molecule has 0 aromatic heterocycles. The molecular weight excluding hydrogens is 305 g/mol. The van der Waals surface area contributed by atoms with Gasteiger partial charge >= 0.3 is 0 Å². The number of isocyanates is 1. The highest BCUT2D eigenvalue weighted by molar-refractivity contribution is 9.10. The fourth-order valence-corrected chi connectivity index (χ4v) is 2.48. The molecule has 0 N–H and O–H groups in total. The van der Waals surface area contributed by atoms with Gasteiger partial charge in [-0.1, -0.05) is 0 Å². The molecule has 1 fully saturated rings. The van der Waals surface area contributed by atoms with E-state index in [0.717, 1.165) is 0 Å². The Morgan fingerprint density at radius 3 is 2.56 bits per heavy atom. The van der Waals surface area contributed by atoms with Gasteiger partial charge in [0, 0.05) is 5.56 Å². The number of hydrogen-bond donors (Lipinski definition) is 0. The third kappa shape index (κ3) is 1.91. The van der Waals surface area contributed by atoms with Crippen LogP contribution in [0.15, 0.2) is 15.5 Å². The Morgan fingerprint density at radius 2 is 2.11 bits per heavy atom. The molecule has 0 atom stereocenters. The van der Waals surface area contributed by atoms with Crippen molar-refractivity contribution in [3.05, 3.63) is 21.9 Å². The van der Waals surface area contributed by atoms with Gasteiger partial charge in [0.05, 0.1) is 18.7 Å². The van der Waals surface area contributed by atoms with Crippen LogP contribution in [0.1, 0.15) is 18.4 Å². The lowest BCUT2D eigenvalue weighted by molar-refractivity contribution is 0.348. The maximum atomic E-state index is 14.3. The Kier molecular flexibility index (Phi) is 3.41. The summed E-state index contributed by atoms with van der Waals surface area (Å²) >= 11 is 3.13. The van der Waals surface area contributed by atoms with Crippen LogP contribution < -0.4 is 9.47 Å². The van der Waals surface area contributed by atoms with Gasteiger partial charge in [-0.25, -0.2) is 9.18 Å². The first-order valence-corrected chi connectivity index (χ1v) is 6.08. The molecule has 1 aromatic carbocycles. The standard InChI is InChI=1S/C12H11BrFNO3/c1-17-8-5-7(12(3-4-12)15-6-16)10(14)9(13)11(8)18-2/h5H,3-4H2,1-2H3. The summed E-state index contributed by atoms with van der Waals surface area (Å²) in [6.07, 6.45) is 2.75. The second kappa shape index (κ2) is 4.71. The molecule has 0 saturated heterocycles. The Hall–Kier alpha value is -1.39. The summed E-state index contributed by atoms with van der Waals surface area (Å²) in [7, 11) is 2.90. The molecule has 1 saturated carbocycles. The van der Waals surface area contributed by atoms with Crippen molar-refractivity contribution in [2.75, 3.05) is 14.2 Å². The highest BCUT2D eigenvalue weighted by Gasteiger charge is 2.48. The number of halogens is 2. The smallest absolute Gasteiger partial charge is 0.235 e. The number of hydrogen-bond acceptors (Lipinski definition) is 4. The van der Waals surface area contributed by atoms with Crippen LogP contribution in [0.4, 0.5) is 4.39 Å². The molecule has 0 amide bonds. The number of carbonyl (C=O) groups excluding carboxylic acids is 1. The van der Waals surface area contributed by atoms with E-state index in [2.05, 4.69) is 20.9 Å². The molecule has 1 aliphatic carbocycles. The fraction of sp³-hybridized carbons (Fsp3) is 0.417. The average molecular weight is 316 g/mol. The van der Waals surface area contributed by atoms with Crippen molar-refractivity contribution in [3.8, 4) is 11.5 Å². The first-order chi connectivity index (χ1) is 8.59. The lowest BCUT2D eigenvalue weighted by Gasteiger charge is -2.16. The predicted octanol–water partition coefficient (Wildman–Crippen LogP) is 2.93. The van der Waals surface area contributed by atoms with Gasteiger partial charge in [-0.3, -0.25) is 0 Å². The third-order valence-electron chi connectivity index (χ3n) is 3.04. The fourth-order valence-electron chi connectivity index (χ4n) is 1.91. The van der Waals surface area contributed by atoms with E-state index in [9.17, 15) is 9.18 Å². The van der Waals surface area contributed by atoms with E-state index in [1.807, 2.05) is 0 Å². The van der Waals surface area contributed by atoms with Crippen molar-refractivity contribution in [2.45, 2.75) is 18.4 Å². The largest absolute Gasteiger partial charge is 0.493 e. The van der Waals surface area contributed by atoms with Crippen molar-refractivity contribution < 1.29 is 18.7 Å². The van der Waals surface area contributed by atoms with Gasteiger partial charge in [-0.2, -0.15) is 4.99 Å². The molecule has 0 radical (unpaired) electrons. The summed E-state index contributed by atoms with van der Waals surface area (Å²) in [5.74, 6) is 0.196. The lowest BCUT2D eigenvalue weighted by Crippen LogP contribution is -2.08. The Morgan fingerprint density at radius 1 is 1.44 bits per heavy atom. The highest BCUT2D eigenvalue weighted by Crippen LogP contribution is 2.53. The monoisotopic (exact) mass is 315 g/mol. The number of methoxy groups -OCH3 is 2. The molecule has 2 rings (SSSR count). The predicted molar refractivity (Wildman–Crippen MR) is 66.2 cm³/mol. The van der Waals surface area contributed by atoms with E-state index in [4.69, 9.17) is 9.47 Å². The van der Waals surface area contributed by atoms with Crippen LogP contribution in [0, 0.1) is 5.82 Å². The zero-order valence-corrected chi connectivity index (χ0v) is 11.5. The van der Waals surface area contributed by atoms with Crippen LogP contribution in [0.25, 0.3) is 0 Å². The van der Waals surface area contributed by atoms with Crippen LogP contribution in [-0.4, -0.2) is 20.3 Å². The van der Waals surface area contributed by atoms with E-state index < -0.39 is 11.4 Å². The minimum atomic E-state index is -0.784. The Labute approximate surface area is 112 Å². The zero-order chi connectivity index (χ0) is 13.3. The third-order valence-corrected chi connectivity index (χ3v) is 3.74. The van der Waals surface area contributed by atoms with Gasteiger partial charge in [-0.05, 0) is 34.8 Å². The van der Waals surface area contributed by atoms with Gasteiger partial charge < -0.3 is 9.47 Å². The molecule has 0 aliphatic heterocycles. The minimum Gasteiger partial charge on any atom is -0.493 e. The second-order valence-electron chi connectivity index (χ2n) is 4.02. The molecule has 0 unspecified atom stereocenters. The summed E-state index contributed by atoms with van der Waals surface area (Å²) in [4.78, 5) is 14.1. The summed E-state index contributed by atoms with van der Waals surface area (Å²) in [5.41, 5.74) is -0.455. The molecular formula is C12H11BrFNO3. The zero-order valence-electron chi connectivity index (χ0n) is 9.92. The molecule has 1 aliphatic rings. The Bertz CT molecular complexity index is 537. The molecule has 0 heterocycles. The van der Waals surface area contributed by atoms with Gasteiger partial charge in [0.15, 0.2) is 11.5 Å². The van der Waals surface area contributed by atoms with Crippen molar-refractivity contribution in [3.63, 3.8) is 0 Å². The topological polar surface area (TPSA) is 47.9 Å². The summed E-state index contributed by atoms with van der Waals surface area (Å²) in [6, 6.07) is 1.52. The minimum absolute atomic E-state index is 0.173. The van der Waals surface area contributed by atoms with E-state index in [0.29, 0.717) is 24.2 Å². The quantitative estimate of drug-likeness (QED) is 0.634. The van der Waals surface area contributed by atoms with Gasteiger partial charge in [0.1, 0.15) is 11.4 Å². The SMILES string of the molecule is COc1cc(C2(N=C=O)CC2)c(F)c(Br)c1OC. The van der Waals surface area contributed by atoms with Crippen LogP contribution in [0.2, 0.25) is 0 Å². The summed E-state index contributed by atoms with van der Waals surface area (Å²) in [6.45, 7) is 0. The van der Waals surface area contributed by atoms with Crippen LogP contribution in [0.3, 0.4) is 0 Å². The van der Waals surface area contributed by atoms with Gasteiger partial charge in [0.2, 0.25) is 6.08 Å². The van der Waals surface area contributed by atoms with Crippen molar-refractivity contribution in [1.29, 1.82) is 0 Å². The molecule has 0 spiro atoms. The first kappa shape index (κ1) is 13.1. The van der Waals surface area contributed by atoms with Crippen LogP contribution in [0.5, 0.6) is 11.5 Å². The number of benzene rings is 1. The van der Waals surface area contributed by atoms with Crippen molar-refractivity contribution >= 4 is 22.0 Å². The first-order valence-electron chi connectivity index (χ1n) is 5.29. The van der Waals surface area contributed by atoms with Crippen molar-refractivity contribution in [2.24, 2.45) is 4.99 Å². The molecule has 0 bridgehead atoms. The number of nitrogens with zero attached hydrogens (tertiary/aromatic N) is 1. The molecule has 18 heavy (non-hydrogen) atoms. The van der Waals surface area contributed by atoms with E-state index in [1.165, 1.54) is 26.4 Å². The van der Waals surface area contributed by atoms with Gasteiger partial charge in [-0.15, -0.1) is 0 Å². The molecule has 1 aromatic rings. The van der Waals surface area contributed by atoms with E-state index in [1.54, 1.807) is 0 Å². The van der Waals surface area contributed by atoms with E-state index >= 15 is 0 Å². The lowest BCUT2D eigenvalue weighted by atomic mass is 10.0. The van der Waals surface area contributed by atoms with E-state index in [-0.39, 0.29) is 10.2 Å². The second-order valence-corrected chi connectivity index (χ2v) is 4.82. The maximum absolute atomic E-state index is 14.3. The highest BCUT2D eigenvalue weighted by atomic mass is 79.9. The summed E-state index contributed by atoms with van der Waals surface area (Å²) < 4.78 is 24.7. The molecule has 6 heteroatoms. The maximum Gasteiger partial charge on any atom is 0.235 e. The average Bonchev–Trinajstić information content (AvgIpc) is 3.13. The van der Waals surface area contributed by atoms with Gasteiger partial charge in [0.25, 0.3) is 0 Å². The van der Waals surface area contributed by atoms with Crippen LogP contribution in [-0.2, 0) is 10.3 Å². The Balaban J connectivity index is 2.63. The van der Waals surface area contributed by atoms with Crippen LogP contribution >= 0.6 is 15.9 Å². The molecule has 4 nitrogen and oxygen atoms in total. The summed E-state index contributed by atoms with van der Waals surface area (Å²) in [5, 5.41) is 0. The number of ether oxygens (including phenoxy) is 2. The number of aliphatic imine (C=N–C) groups is 1. The molecule has 96 valence electrons. The van der Waals surface area contributed by atoms with Crippen molar-refractivity contribution in [1.82, 2.24) is 0 Å². The normalized spacial score (nSPS) is 15.8. The number of rotatable bonds is 4.